The van der Waals surface area contributed by atoms with Crippen LogP contribution in [0.5, 0.6) is 5.75 Å². The van der Waals surface area contributed by atoms with Gasteiger partial charge in [-0.25, -0.2) is 0 Å². The van der Waals surface area contributed by atoms with Crippen molar-refractivity contribution in [3.63, 3.8) is 0 Å². The summed E-state index contributed by atoms with van der Waals surface area (Å²) in [4.78, 5) is 2.68. The van der Waals surface area contributed by atoms with Crippen LogP contribution in [0.4, 0.5) is 0 Å². The minimum absolute atomic E-state index is 0. The first kappa shape index (κ1) is 22.0. The van der Waals surface area contributed by atoms with Gasteiger partial charge in [0.1, 0.15) is 12.4 Å². The smallest absolute Gasteiger partial charge is 0.119 e. The van der Waals surface area contributed by atoms with Crippen LogP contribution in [-0.2, 0) is 6.61 Å². The molecule has 2 aromatic rings. The van der Waals surface area contributed by atoms with Gasteiger partial charge in [-0.2, -0.15) is 0 Å². The van der Waals surface area contributed by atoms with Gasteiger partial charge in [0.25, 0.3) is 0 Å². The highest BCUT2D eigenvalue weighted by molar-refractivity contribution is 5.85. The maximum atomic E-state index is 5.95. The highest BCUT2D eigenvalue weighted by Crippen LogP contribution is 2.41. The normalized spacial score (nSPS) is 18.5. The average Bonchev–Trinajstić information content (AvgIpc) is 2.65. The van der Waals surface area contributed by atoms with E-state index in [0.717, 1.165) is 37.8 Å². The molecule has 1 saturated heterocycles. The molecule has 2 aromatic carbocycles. The first-order chi connectivity index (χ1) is 12.4. The van der Waals surface area contributed by atoms with E-state index in [1.54, 1.807) is 0 Å². The van der Waals surface area contributed by atoms with Crippen molar-refractivity contribution in [2.24, 2.45) is 5.92 Å². The summed E-state index contributed by atoms with van der Waals surface area (Å²) in [6, 6.07) is 19.8. The van der Waals surface area contributed by atoms with Crippen molar-refractivity contribution < 1.29 is 4.74 Å². The number of halogens is 2. The van der Waals surface area contributed by atoms with Crippen LogP contribution in [0.1, 0.15) is 36.4 Å². The van der Waals surface area contributed by atoms with Gasteiger partial charge in [0.05, 0.1) is 0 Å². The topological polar surface area (TPSA) is 24.5 Å². The minimum Gasteiger partial charge on any atom is -0.489 e. The van der Waals surface area contributed by atoms with Crippen LogP contribution in [0.2, 0.25) is 0 Å². The Morgan fingerprint density at radius 3 is 2.19 bits per heavy atom. The molecule has 1 aliphatic carbocycles. The van der Waals surface area contributed by atoms with Crippen LogP contribution in [0.25, 0.3) is 0 Å². The van der Waals surface area contributed by atoms with E-state index in [-0.39, 0.29) is 24.8 Å². The minimum atomic E-state index is 0. The number of nitrogens with zero attached hydrogens (tertiary/aromatic N) is 1. The SMILES string of the molecule is Cl.Cl.c1ccc(COc2ccc([C@@H](C3CCC3)N3CCNCC3)cc2)cc1. The molecule has 1 saturated carbocycles. The van der Waals surface area contributed by atoms with Crippen LogP contribution < -0.4 is 10.1 Å². The van der Waals surface area contributed by atoms with E-state index in [1.807, 2.05) is 6.07 Å². The summed E-state index contributed by atoms with van der Waals surface area (Å²) in [5.74, 6) is 1.79. The van der Waals surface area contributed by atoms with Gasteiger partial charge >= 0.3 is 0 Å². The molecule has 148 valence electrons. The Labute approximate surface area is 175 Å². The third-order valence-electron chi connectivity index (χ3n) is 5.61. The Morgan fingerprint density at radius 2 is 1.59 bits per heavy atom. The molecule has 4 rings (SSSR count). The molecular weight excluding hydrogens is 379 g/mol. The summed E-state index contributed by atoms with van der Waals surface area (Å²) in [6.07, 6.45) is 4.15. The van der Waals surface area contributed by atoms with Crippen molar-refractivity contribution >= 4 is 24.8 Å². The van der Waals surface area contributed by atoms with Crippen molar-refractivity contribution in [3.8, 4) is 5.75 Å². The number of nitrogens with one attached hydrogen (secondary N) is 1. The van der Waals surface area contributed by atoms with E-state index in [0.29, 0.717) is 12.6 Å². The lowest BCUT2D eigenvalue weighted by Crippen LogP contribution is -2.47. The summed E-state index contributed by atoms with van der Waals surface area (Å²) in [6.45, 7) is 5.17. The van der Waals surface area contributed by atoms with E-state index >= 15 is 0 Å². The van der Waals surface area contributed by atoms with Gasteiger partial charge in [-0.15, -0.1) is 24.8 Å². The van der Waals surface area contributed by atoms with Crippen LogP contribution in [0.3, 0.4) is 0 Å². The maximum absolute atomic E-state index is 5.95. The van der Waals surface area contributed by atoms with Crippen LogP contribution in [-0.4, -0.2) is 31.1 Å². The second-order valence-corrected chi connectivity index (χ2v) is 7.27. The zero-order chi connectivity index (χ0) is 16.9. The second-order valence-electron chi connectivity index (χ2n) is 7.27. The van der Waals surface area contributed by atoms with Gasteiger partial charge in [-0.05, 0) is 42.0 Å². The monoisotopic (exact) mass is 408 g/mol. The molecule has 1 N–H and O–H groups in total. The molecule has 1 atom stereocenters. The molecule has 5 heteroatoms. The van der Waals surface area contributed by atoms with Gasteiger partial charge < -0.3 is 10.1 Å². The number of rotatable bonds is 6. The standard InChI is InChI=1S/C22H28N2O.2ClH/c1-2-5-18(6-3-1)17-25-21-11-9-20(10-12-21)22(19-7-4-8-19)24-15-13-23-14-16-24;;/h1-3,5-6,9-12,19,22-23H,4,7-8,13-17H2;2*1H/t22-;;/m1../s1. The summed E-state index contributed by atoms with van der Waals surface area (Å²) in [5.41, 5.74) is 2.67. The predicted molar refractivity (Wildman–Crippen MR) is 116 cm³/mol. The van der Waals surface area contributed by atoms with Crippen molar-refractivity contribution in [2.75, 3.05) is 26.2 Å². The largest absolute Gasteiger partial charge is 0.489 e. The lowest BCUT2D eigenvalue weighted by Gasteiger charge is -2.43. The number of hydrogen-bond acceptors (Lipinski definition) is 3. The Bertz CT molecular complexity index is 656. The molecule has 3 nitrogen and oxygen atoms in total. The highest BCUT2D eigenvalue weighted by atomic mass is 35.5. The fourth-order valence-corrected chi connectivity index (χ4v) is 4.00. The molecule has 27 heavy (non-hydrogen) atoms. The van der Waals surface area contributed by atoms with E-state index in [2.05, 4.69) is 58.7 Å². The second kappa shape index (κ2) is 10.9. The van der Waals surface area contributed by atoms with E-state index in [9.17, 15) is 0 Å². The lowest BCUT2D eigenvalue weighted by molar-refractivity contribution is 0.0836. The Kier molecular flexibility index (Phi) is 8.91. The predicted octanol–water partition coefficient (Wildman–Crippen LogP) is 4.86. The molecule has 0 radical (unpaired) electrons. The fourth-order valence-electron chi connectivity index (χ4n) is 4.00. The van der Waals surface area contributed by atoms with Gasteiger partial charge in [0.2, 0.25) is 0 Å². The van der Waals surface area contributed by atoms with E-state index < -0.39 is 0 Å². The van der Waals surface area contributed by atoms with E-state index in [4.69, 9.17) is 4.74 Å². The zero-order valence-electron chi connectivity index (χ0n) is 15.7. The fraction of sp³-hybridized carbons (Fsp3) is 0.455. The third kappa shape index (κ3) is 5.61. The van der Waals surface area contributed by atoms with Gasteiger partial charge in [0.15, 0.2) is 0 Å². The molecule has 0 bridgehead atoms. The van der Waals surface area contributed by atoms with Gasteiger partial charge in [-0.1, -0.05) is 48.9 Å². The Balaban J connectivity index is 0.00000131. The van der Waals surface area contributed by atoms with Crippen LogP contribution in [0, 0.1) is 5.92 Å². The molecule has 2 aliphatic rings. The molecule has 0 unspecified atom stereocenters. The summed E-state index contributed by atoms with van der Waals surface area (Å²) in [5, 5.41) is 3.48. The third-order valence-corrected chi connectivity index (χ3v) is 5.61. The van der Waals surface area contributed by atoms with Gasteiger partial charge in [-0.3, -0.25) is 4.90 Å². The number of ether oxygens (including phenoxy) is 1. The van der Waals surface area contributed by atoms with Crippen LogP contribution >= 0.6 is 24.8 Å². The molecule has 1 heterocycles. The molecular formula is C22H30Cl2N2O. The van der Waals surface area contributed by atoms with E-state index in [1.165, 1.54) is 30.4 Å². The Morgan fingerprint density at radius 1 is 0.926 bits per heavy atom. The van der Waals surface area contributed by atoms with Gasteiger partial charge in [0, 0.05) is 32.2 Å². The van der Waals surface area contributed by atoms with Crippen molar-refractivity contribution in [2.45, 2.75) is 31.9 Å². The first-order valence-electron chi connectivity index (χ1n) is 9.61. The zero-order valence-corrected chi connectivity index (χ0v) is 17.3. The summed E-state index contributed by atoms with van der Waals surface area (Å²) < 4.78 is 5.95. The van der Waals surface area contributed by atoms with Crippen molar-refractivity contribution in [3.05, 3.63) is 65.7 Å². The molecule has 2 fully saturated rings. The maximum Gasteiger partial charge on any atom is 0.119 e. The number of hydrogen-bond donors (Lipinski definition) is 1. The lowest BCUT2D eigenvalue weighted by atomic mass is 9.76. The molecule has 1 aliphatic heterocycles. The van der Waals surface area contributed by atoms with Crippen LogP contribution in [0.15, 0.2) is 54.6 Å². The molecule has 0 aromatic heterocycles. The summed E-state index contributed by atoms with van der Waals surface area (Å²) >= 11 is 0. The molecule has 0 amide bonds. The van der Waals surface area contributed by atoms with Crippen molar-refractivity contribution in [1.82, 2.24) is 10.2 Å². The number of benzene rings is 2. The quantitative estimate of drug-likeness (QED) is 0.738. The number of piperazine rings is 1. The summed E-state index contributed by atoms with van der Waals surface area (Å²) in [7, 11) is 0. The average molecular weight is 409 g/mol. The van der Waals surface area contributed by atoms with Crippen molar-refractivity contribution in [1.29, 1.82) is 0 Å². The Hall–Kier alpha value is -1.26. The highest BCUT2D eigenvalue weighted by Gasteiger charge is 2.33. The first-order valence-corrected chi connectivity index (χ1v) is 9.61. The molecule has 0 spiro atoms.